The van der Waals surface area contributed by atoms with E-state index in [1.165, 1.54) is 0 Å². The van der Waals surface area contributed by atoms with Crippen LogP contribution in [0.2, 0.25) is 0 Å². The third-order valence-electron chi connectivity index (χ3n) is 3.18. The summed E-state index contributed by atoms with van der Waals surface area (Å²) in [5.41, 5.74) is 2.53. The van der Waals surface area contributed by atoms with E-state index >= 15 is 0 Å². The smallest absolute Gasteiger partial charge is 0.241 e. The molecule has 20 heavy (non-hydrogen) atoms. The largest absolute Gasteiger partial charge is 0.385 e. The summed E-state index contributed by atoms with van der Waals surface area (Å²) in [6.07, 6.45) is 3.00. The average Bonchev–Trinajstić information content (AvgIpc) is 2.34. The van der Waals surface area contributed by atoms with Crippen molar-refractivity contribution in [2.45, 2.75) is 51.9 Å². The summed E-state index contributed by atoms with van der Waals surface area (Å²) >= 11 is 0. The quantitative estimate of drug-likeness (QED) is 0.725. The van der Waals surface area contributed by atoms with Gasteiger partial charge in [-0.05, 0) is 50.5 Å². The molecule has 1 aromatic rings. The van der Waals surface area contributed by atoms with E-state index in [0.29, 0.717) is 11.4 Å². The first kappa shape index (κ1) is 17.0. The molecule has 0 aliphatic carbocycles. The summed E-state index contributed by atoms with van der Waals surface area (Å²) in [4.78, 5) is 0.413. The van der Waals surface area contributed by atoms with Crippen LogP contribution in [-0.4, -0.2) is 21.5 Å². The van der Waals surface area contributed by atoms with Crippen molar-refractivity contribution in [2.24, 2.45) is 0 Å². The minimum Gasteiger partial charge on any atom is -0.385 e. The van der Waals surface area contributed by atoms with Gasteiger partial charge in [0.15, 0.2) is 0 Å². The molecule has 1 aromatic carbocycles. The van der Waals surface area contributed by atoms with E-state index in [2.05, 4.69) is 17.0 Å². The van der Waals surface area contributed by atoms with E-state index in [-0.39, 0.29) is 0 Å². The average molecular weight is 298 g/mol. The summed E-state index contributed by atoms with van der Waals surface area (Å²) in [6, 6.07) is 3.77. The van der Waals surface area contributed by atoms with Crippen molar-refractivity contribution in [1.29, 1.82) is 0 Å². The van der Waals surface area contributed by atoms with Gasteiger partial charge < -0.3 is 5.32 Å². The summed E-state index contributed by atoms with van der Waals surface area (Å²) < 4.78 is 27.4. The molecule has 4 nitrogen and oxygen atoms in total. The fraction of sp³-hybridized carbons (Fsp3) is 0.600. The molecule has 1 rings (SSSR count). The van der Waals surface area contributed by atoms with E-state index in [0.717, 1.165) is 42.6 Å². The SMILES string of the molecule is CCCCCNS(=O)(=O)c1c(C)cc(NCC)cc1C. The van der Waals surface area contributed by atoms with Crippen LogP contribution >= 0.6 is 0 Å². The number of hydrogen-bond donors (Lipinski definition) is 2. The Balaban J connectivity index is 2.94. The van der Waals surface area contributed by atoms with Gasteiger partial charge in [-0.2, -0.15) is 0 Å². The van der Waals surface area contributed by atoms with Gasteiger partial charge in [-0.25, -0.2) is 13.1 Å². The number of benzene rings is 1. The van der Waals surface area contributed by atoms with Crippen LogP contribution in [0.25, 0.3) is 0 Å². The molecule has 0 saturated heterocycles. The maximum absolute atomic E-state index is 12.4. The number of nitrogens with one attached hydrogen (secondary N) is 2. The van der Waals surface area contributed by atoms with Gasteiger partial charge in [-0.3, -0.25) is 0 Å². The predicted molar refractivity (Wildman–Crippen MR) is 84.8 cm³/mol. The fourth-order valence-corrected chi connectivity index (χ4v) is 3.86. The van der Waals surface area contributed by atoms with Crippen molar-refractivity contribution >= 4 is 15.7 Å². The van der Waals surface area contributed by atoms with Crippen LogP contribution in [0, 0.1) is 13.8 Å². The summed E-state index contributed by atoms with van der Waals surface area (Å²) in [5.74, 6) is 0. The lowest BCUT2D eigenvalue weighted by molar-refractivity contribution is 0.575. The maximum Gasteiger partial charge on any atom is 0.241 e. The third kappa shape index (κ3) is 4.49. The van der Waals surface area contributed by atoms with Gasteiger partial charge >= 0.3 is 0 Å². The van der Waals surface area contributed by atoms with Crippen molar-refractivity contribution in [2.75, 3.05) is 18.4 Å². The molecule has 0 aromatic heterocycles. The predicted octanol–water partition coefficient (Wildman–Crippen LogP) is 3.20. The molecular formula is C15H26N2O2S. The Morgan fingerprint density at radius 1 is 1.05 bits per heavy atom. The zero-order valence-electron chi connectivity index (χ0n) is 12.9. The Labute approximate surface area is 123 Å². The van der Waals surface area contributed by atoms with Crippen molar-refractivity contribution in [1.82, 2.24) is 4.72 Å². The van der Waals surface area contributed by atoms with Crippen LogP contribution in [0.3, 0.4) is 0 Å². The first-order chi connectivity index (χ1) is 9.42. The zero-order chi connectivity index (χ0) is 15.2. The number of hydrogen-bond acceptors (Lipinski definition) is 3. The Kier molecular flexibility index (Phi) is 6.49. The van der Waals surface area contributed by atoms with Crippen LogP contribution in [0.1, 0.15) is 44.2 Å². The van der Waals surface area contributed by atoms with Crippen molar-refractivity contribution < 1.29 is 8.42 Å². The molecule has 0 aliphatic rings. The molecule has 0 unspecified atom stereocenters. The molecule has 114 valence electrons. The van der Waals surface area contributed by atoms with Crippen LogP contribution in [0.4, 0.5) is 5.69 Å². The lowest BCUT2D eigenvalue weighted by atomic mass is 10.1. The standard InChI is InChI=1S/C15H26N2O2S/c1-5-7-8-9-17-20(18,19)15-12(3)10-14(16-6-2)11-13(15)4/h10-11,16-17H,5-9H2,1-4H3. The normalized spacial score (nSPS) is 11.6. The Morgan fingerprint density at radius 2 is 1.65 bits per heavy atom. The molecule has 2 N–H and O–H groups in total. The minimum absolute atomic E-state index is 0.413. The first-order valence-electron chi connectivity index (χ1n) is 7.27. The van der Waals surface area contributed by atoms with E-state index in [1.54, 1.807) is 0 Å². The minimum atomic E-state index is -3.41. The number of unbranched alkanes of at least 4 members (excludes halogenated alkanes) is 2. The molecule has 0 aliphatic heterocycles. The van der Waals surface area contributed by atoms with E-state index in [1.807, 2.05) is 32.9 Å². The van der Waals surface area contributed by atoms with E-state index in [9.17, 15) is 8.42 Å². The highest BCUT2D eigenvalue weighted by molar-refractivity contribution is 7.89. The number of rotatable bonds is 8. The van der Waals surface area contributed by atoms with Crippen molar-refractivity contribution in [3.63, 3.8) is 0 Å². The molecule has 0 amide bonds. The van der Waals surface area contributed by atoms with Gasteiger partial charge in [-0.15, -0.1) is 0 Å². The summed E-state index contributed by atoms with van der Waals surface area (Å²) in [7, 11) is -3.41. The Bertz CT molecular complexity index is 516. The van der Waals surface area contributed by atoms with E-state index in [4.69, 9.17) is 0 Å². The topological polar surface area (TPSA) is 58.2 Å². The second kappa shape index (κ2) is 7.64. The molecule has 5 heteroatoms. The Hall–Kier alpha value is -1.07. The van der Waals surface area contributed by atoms with Crippen LogP contribution in [0.5, 0.6) is 0 Å². The molecule has 0 saturated carbocycles. The number of sulfonamides is 1. The molecule has 0 heterocycles. The van der Waals surface area contributed by atoms with Gasteiger partial charge in [-0.1, -0.05) is 19.8 Å². The van der Waals surface area contributed by atoms with Gasteiger partial charge in [0, 0.05) is 18.8 Å². The zero-order valence-corrected chi connectivity index (χ0v) is 13.7. The highest BCUT2D eigenvalue weighted by atomic mass is 32.2. The highest BCUT2D eigenvalue weighted by Crippen LogP contribution is 2.24. The van der Waals surface area contributed by atoms with Crippen LogP contribution in [0.15, 0.2) is 17.0 Å². The molecule has 0 radical (unpaired) electrons. The monoisotopic (exact) mass is 298 g/mol. The molecular weight excluding hydrogens is 272 g/mol. The lowest BCUT2D eigenvalue weighted by Crippen LogP contribution is -2.26. The molecule has 0 atom stereocenters. The van der Waals surface area contributed by atoms with Gasteiger partial charge in [0.1, 0.15) is 0 Å². The van der Waals surface area contributed by atoms with Gasteiger partial charge in [0.05, 0.1) is 4.90 Å². The first-order valence-corrected chi connectivity index (χ1v) is 8.75. The molecule has 0 bridgehead atoms. The van der Waals surface area contributed by atoms with Crippen LogP contribution < -0.4 is 10.0 Å². The van der Waals surface area contributed by atoms with Gasteiger partial charge in [0.25, 0.3) is 0 Å². The third-order valence-corrected chi connectivity index (χ3v) is 4.95. The van der Waals surface area contributed by atoms with Gasteiger partial charge in [0.2, 0.25) is 10.0 Å². The maximum atomic E-state index is 12.4. The fourth-order valence-electron chi connectivity index (χ4n) is 2.33. The molecule has 0 fully saturated rings. The van der Waals surface area contributed by atoms with Crippen molar-refractivity contribution in [3.05, 3.63) is 23.3 Å². The summed E-state index contributed by atoms with van der Waals surface area (Å²) in [6.45, 7) is 9.13. The second-order valence-corrected chi connectivity index (χ2v) is 6.78. The lowest BCUT2D eigenvalue weighted by Gasteiger charge is -2.14. The number of aryl methyl sites for hydroxylation is 2. The summed E-state index contributed by atoms with van der Waals surface area (Å²) in [5, 5.41) is 3.21. The van der Waals surface area contributed by atoms with Crippen molar-refractivity contribution in [3.8, 4) is 0 Å². The Morgan fingerprint density at radius 3 is 2.15 bits per heavy atom. The van der Waals surface area contributed by atoms with E-state index < -0.39 is 10.0 Å². The van der Waals surface area contributed by atoms with Crippen LogP contribution in [-0.2, 0) is 10.0 Å². The number of anilines is 1. The molecule has 0 spiro atoms. The second-order valence-electron chi connectivity index (χ2n) is 5.07. The highest BCUT2D eigenvalue weighted by Gasteiger charge is 2.19.